The lowest BCUT2D eigenvalue weighted by Gasteiger charge is -2.28. The average molecular weight is 832 g/mol. The first-order chi connectivity index (χ1) is 28.0. The molecule has 2 atom stereocenters. The molecule has 9 nitrogen and oxygen atoms in total. The molecule has 0 fully saturated rings. The number of phosphoric ester groups is 1. The number of quaternary nitrogens is 1. The summed E-state index contributed by atoms with van der Waals surface area (Å²) in [7, 11) is 1.10. The molecule has 0 aromatic rings. The van der Waals surface area contributed by atoms with Gasteiger partial charge in [-0.3, -0.25) is 14.2 Å². The van der Waals surface area contributed by atoms with Crippen LogP contribution in [0.2, 0.25) is 0 Å². The summed E-state index contributed by atoms with van der Waals surface area (Å²) in [4.78, 5) is 37.5. The lowest BCUT2D eigenvalue weighted by atomic mass is 10.1. The molecule has 0 aromatic carbocycles. The molecule has 58 heavy (non-hydrogen) atoms. The Morgan fingerprint density at radius 3 is 1.53 bits per heavy atom. The zero-order chi connectivity index (χ0) is 42.8. The first-order valence-corrected chi connectivity index (χ1v) is 23.8. The van der Waals surface area contributed by atoms with Crippen LogP contribution in [0.4, 0.5) is 0 Å². The molecule has 0 aliphatic carbocycles. The summed E-state index contributed by atoms with van der Waals surface area (Å²) in [5.74, 6) is -0.950. The number of ether oxygens (including phenoxy) is 2. The van der Waals surface area contributed by atoms with E-state index in [4.69, 9.17) is 18.5 Å². The molecule has 0 aliphatic rings. The number of rotatable bonds is 39. The number of hydrogen-bond donors (Lipinski definition) is 0. The second-order valence-electron chi connectivity index (χ2n) is 15.7. The van der Waals surface area contributed by atoms with E-state index in [1.165, 1.54) is 44.9 Å². The van der Waals surface area contributed by atoms with Gasteiger partial charge in [-0.1, -0.05) is 150 Å². The summed E-state index contributed by atoms with van der Waals surface area (Å²) in [5, 5.41) is 0. The monoisotopic (exact) mass is 832 g/mol. The van der Waals surface area contributed by atoms with Gasteiger partial charge in [-0.25, -0.2) is 0 Å². The lowest BCUT2D eigenvalue weighted by Crippen LogP contribution is -2.37. The van der Waals surface area contributed by atoms with E-state index in [0.717, 1.165) is 70.6 Å². The molecule has 332 valence electrons. The van der Waals surface area contributed by atoms with Crippen molar-refractivity contribution in [3.63, 3.8) is 0 Å². The van der Waals surface area contributed by atoms with Crippen LogP contribution in [0.15, 0.2) is 85.1 Å². The topological polar surface area (TPSA) is 111 Å². The lowest BCUT2D eigenvalue weighted by molar-refractivity contribution is -0.870. The smallest absolute Gasteiger partial charge is 0.306 e. The van der Waals surface area contributed by atoms with Crippen molar-refractivity contribution in [1.29, 1.82) is 0 Å². The molecule has 0 rings (SSSR count). The van der Waals surface area contributed by atoms with E-state index in [0.29, 0.717) is 23.9 Å². The van der Waals surface area contributed by atoms with Gasteiger partial charge in [0.2, 0.25) is 0 Å². The van der Waals surface area contributed by atoms with E-state index in [-0.39, 0.29) is 26.1 Å². The third kappa shape index (κ3) is 42.8. The number of nitrogens with zero attached hydrogens (tertiary/aromatic N) is 1. The van der Waals surface area contributed by atoms with Gasteiger partial charge in [0, 0.05) is 12.8 Å². The first kappa shape index (κ1) is 55.2. The predicted molar refractivity (Wildman–Crippen MR) is 240 cm³/mol. The highest BCUT2D eigenvalue weighted by molar-refractivity contribution is 7.45. The van der Waals surface area contributed by atoms with Gasteiger partial charge in [0.05, 0.1) is 27.7 Å². The normalized spacial score (nSPS) is 14.4. The molecule has 0 N–H and O–H groups in total. The zero-order valence-electron chi connectivity index (χ0n) is 37.2. The maximum atomic E-state index is 12.6. The van der Waals surface area contributed by atoms with E-state index in [9.17, 15) is 19.0 Å². The summed E-state index contributed by atoms with van der Waals surface area (Å²) in [5.41, 5.74) is 0. The number of likely N-dealkylation sites (N-methyl/N-ethyl adjacent to an activating group) is 1. The quantitative estimate of drug-likeness (QED) is 0.0198. The van der Waals surface area contributed by atoms with Crippen LogP contribution in [0, 0.1) is 0 Å². The minimum Gasteiger partial charge on any atom is -0.756 e. The fourth-order valence-corrected chi connectivity index (χ4v) is 6.17. The van der Waals surface area contributed by atoms with E-state index in [1.54, 1.807) is 0 Å². The molecule has 0 amide bonds. The Balaban J connectivity index is 4.52. The van der Waals surface area contributed by atoms with Crippen LogP contribution in [-0.4, -0.2) is 70.0 Å². The van der Waals surface area contributed by atoms with Gasteiger partial charge in [0.25, 0.3) is 7.82 Å². The SMILES string of the molecule is CC/C=C/C/C=C/C/C=C/C/C=C/C/C=C/C/C=C/CCC(=O)OC(COC(=O)CCCCCCC/C=C/CCCCCCCC)COP(=O)([O-])OCC[N+](C)(C)C. The van der Waals surface area contributed by atoms with E-state index >= 15 is 0 Å². The van der Waals surface area contributed by atoms with Gasteiger partial charge in [-0.15, -0.1) is 0 Å². The molecule has 0 aliphatic heterocycles. The van der Waals surface area contributed by atoms with Crippen LogP contribution >= 0.6 is 7.82 Å². The van der Waals surface area contributed by atoms with Crippen LogP contribution < -0.4 is 4.89 Å². The van der Waals surface area contributed by atoms with Gasteiger partial charge in [-0.05, 0) is 77.0 Å². The Morgan fingerprint density at radius 1 is 0.552 bits per heavy atom. The molecule has 0 saturated heterocycles. The van der Waals surface area contributed by atoms with Crippen molar-refractivity contribution in [2.45, 2.75) is 161 Å². The molecule has 0 heterocycles. The number of carbonyl (C=O) groups excluding carboxylic acids is 2. The summed E-state index contributed by atoms with van der Waals surface area (Å²) >= 11 is 0. The van der Waals surface area contributed by atoms with Crippen LogP contribution in [0.25, 0.3) is 0 Å². The van der Waals surface area contributed by atoms with Crippen molar-refractivity contribution in [3.05, 3.63) is 85.1 Å². The Kier molecular flexibility index (Phi) is 37.7. The maximum Gasteiger partial charge on any atom is 0.306 e. The summed E-state index contributed by atoms with van der Waals surface area (Å²) in [6.45, 7) is 3.99. The Bertz CT molecular complexity index is 1260. The van der Waals surface area contributed by atoms with Crippen molar-refractivity contribution in [2.75, 3.05) is 47.5 Å². The van der Waals surface area contributed by atoms with Crippen LogP contribution in [0.5, 0.6) is 0 Å². The van der Waals surface area contributed by atoms with Crippen molar-refractivity contribution in [3.8, 4) is 0 Å². The molecule has 2 unspecified atom stereocenters. The number of unbranched alkanes of at least 4 members (excludes halogenated alkanes) is 11. The summed E-state index contributed by atoms with van der Waals surface area (Å²) < 4.78 is 33.8. The third-order valence-corrected chi connectivity index (χ3v) is 9.88. The van der Waals surface area contributed by atoms with E-state index in [1.807, 2.05) is 33.3 Å². The Labute approximate surface area is 354 Å². The fraction of sp³-hybridized carbons (Fsp3) is 0.667. The number of esters is 2. The maximum absolute atomic E-state index is 12.6. The van der Waals surface area contributed by atoms with Gasteiger partial charge in [0.1, 0.15) is 19.8 Å². The average Bonchev–Trinajstić information content (AvgIpc) is 3.17. The number of allylic oxidation sites excluding steroid dienone is 14. The van der Waals surface area contributed by atoms with Crippen LogP contribution in [0.1, 0.15) is 155 Å². The predicted octanol–water partition coefficient (Wildman–Crippen LogP) is 12.2. The minimum absolute atomic E-state index is 0.0500. The molecule has 0 saturated carbocycles. The molecular formula is C48H82NO8P. The van der Waals surface area contributed by atoms with Crippen molar-refractivity contribution >= 4 is 19.8 Å². The second kappa shape index (κ2) is 39.6. The van der Waals surface area contributed by atoms with Gasteiger partial charge < -0.3 is 27.9 Å². The Hall–Kier alpha value is -2.81. The van der Waals surface area contributed by atoms with Gasteiger partial charge in [-0.2, -0.15) is 0 Å². The molecular weight excluding hydrogens is 750 g/mol. The molecule has 0 aromatic heterocycles. The second-order valence-corrected chi connectivity index (χ2v) is 17.1. The van der Waals surface area contributed by atoms with Gasteiger partial charge >= 0.3 is 11.9 Å². The largest absolute Gasteiger partial charge is 0.756 e. The van der Waals surface area contributed by atoms with E-state index < -0.39 is 32.5 Å². The number of phosphoric acid groups is 1. The standard InChI is InChI=1S/C48H82NO8P/c1-6-8-10-12-14-16-18-20-22-23-24-25-27-29-31-33-35-37-39-41-48(51)57-46(45-56-58(52,53)55-43-42-49(3,4)5)44-54-47(50)40-38-36-34-32-30-28-26-21-19-17-15-13-11-9-7-2/h8,10,14,16,20-22,24-26,29,31,35,37,46H,6-7,9,11-13,15,17-19,23,27-28,30,32-34,36,38-45H2,1-5H3/b10-8+,16-14+,22-20+,25-24+,26-21+,31-29+,37-35+. The highest BCUT2D eigenvalue weighted by atomic mass is 31.2. The van der Waals surface area contributed by atoms with Gasteiger partial charge in [0.15, 0.2) is 6.10 Å². The number of hydrogen-bond acceptors (Lipinski definition) is 8. The van der Waals surface area contributed by atoms with Crippen molar-refractivity contribution in [2.24, 2.45) is 0 Å². The fourth-order valence-electron chi connectivity index (χ4n) is 5.44. The van der Waals surface area contributed by atoms with Crippen molar-refractivity contribution < 1.29 is 42.1 Å². The highest BCUT2D eigenvalue weighted by Gasteiger charge is 2.21. The van der Waals surface area contributed by atoms with Crippen LogP contribution in [-0.2, 0) is 32.7 Å². The molecule has 10 heteroatoms. The van der Waals surface area contributed by atoms with E-state index in [2.05, 4.69) is 86.8 Å². The minimum atomic E-state index is -4.65. The molecule has 0 bridgehead atoms. The van der Waals surface area contributed by atoms with Crippen molar-refractivity contribution in [1.82, 2.24) is 0 Å². The summed E-state index contributed by atoms with van der Waals surface area (Å²) in [6, 6.07) is 0. The number of carbonyl (C=O) groups is 2. The highest BCUT2D eigenvalue weighted by Crippen LogP contribution is 2.38. The molecule has 0 radical (unpaired) electrons. The Morgan fingerprint density at radius 2 is 1.02 bits per heavy atom. The zero-order valence-corrected chi connectivity index (χ0v) is 38.1. The third-order valence-electron chi connectivity index (χ3n) is 8.91. The van der Waals surface area contributed by atoms with Crippen LogP contribution in [0.3, 0.4) is 0 Å². The first-order valence-electron chi connectivity index (χ1n) is 22.3. The molecule has 0 spiro atoms. The summed E-state index contributed by atoms with van der Waals surface area (Å²) in [6.07, 6.45) is 50.5.